The largest absolute Gasteiger partial charge is 0.325 e. The van der Waals surface area contributed by atoms with Gasteiger partial charge in [-0.2, -0.15) is 5.26 Å². The third-order valence-corrected chi connectivity index (χ3v) is 5.19. The predicted octanol–water partition coefficient (Wildman–Crippen LogP) is 3.36. The lowest BCUT2D eigenvalue weighted by atomic mass is 10.1. The molecule has 0 saturated carbocycles. The Labute approximate surface area is 165 Å². The molecular weight excluding hydrogens is 360 g/mol. The van der Waals surface area contributed by atoms with E-state index in [-0.39, 0.29) is 11.9 Å². The molecule has 6 heteroatoms. The molecule has 27 heavy (non-hydrogen) atoms. The van der Waals surface area contributed by atoms with Crippen molar-refractivity contribution in [3.8, 4) is 6.07 Å². The fraction of sp³-hybridized carbons (Fsp3) is 0.333. The van der Waals surface area contributed by atoms with E-state index in [1.165, 1.54) is 5.56 Å². The minimum Gasteiger partial charge on any atom is -0.325 e. The van der Waals surface area contributed by atoms with Gasteiger partial charge >= 0.3 is 0 Å². The summed E-state index contributed by atoms with van der Waals surface area (Å²) in [6.07, 6.45) is 0. The van der Waals surface area contributed by atoms with Crippen LogP contribution in [0.4, 0.5) is 5.69 Å². The van der Waals surface area contributed by atoms with Gasteiger partial charge in [-0.15, -0.1) is 0 Å². The molecule has 140 valence electrons. The van der Waals surface area contributed by atoms with Crippen LogP contribution in [-0.2, 0) is 11.3 Å². The summed E-state index contributed by atoms with van der Waals surface area (Å²) < 4.78 is 0. The molecule has 1 atom stereocenters. The van der Waals surface area contributed by atoms with Gasteiger partial charge in [-0.3, -0.25) is 14.6 Å². The average Bonchev–Trinajstić information content (AvgIpc) is 2.70. The van der Waals surface area contributed by atoms with E-state index >= 15 is 0 Å². The molecule has 1 aliphatic heterocycles. The lowest BCUT2D eigenvalue weighted by molar-refractivity contribution is -0.121. The van der Waals surface area contributed by atoms with E-state index in [1.807, 2.05) is 43.3 Å². The summed E-state index contributed by atoms with van der Waals surface area (Å²) in [6.45, 7) is 6.35. The molecule has 1 amide bonds. The van der Waals surface area contributed by atoms with Crippen molar-refractivity contribution in [3.63, 3.8) is 0 Å². The van der Waals surface area contributed by atoms with Gasteiger partial charge in [0, 0.05) is 43.4 Å². The highest BCUT2D eigenvalue weighted by Crippen LogP contribution is 2.16. The second-order valence-corrected chi connectivity index (χ2v) is 7.23. The maximum atomic E-state index is 12.5. The van der Waals surface area contributed by atoms with Gasteiger partial charge < -0.3 is 5.32 Å². The zero-order valence-corrected chi connectivity index (χ0v) is 16.1. The predicted molar refractivity (Wildman–Crippen MR) is 108 cm³/mol. The van der Waals surface area contributed by atoms with Gasteiger partial charge in [-0.05, 0) is 48.9 Å². The number of carbonyl (C=O) groups is 1. The first kappa shape index (κ1) is 19.4. The molecule has 0 bridgehead atoms. The number of amides is 1. The van der Waals surface area contributed by atoms with E-state index in [2.05, 4.69) is 21.2 Å². The number of nitriles is 1. The van der Waals surface area contributed by atoms with Crippen molar-refractivity contribution in [2.75, 3.05) is 31.5 Å². The molecule has 1 heterocycles. The van der Waals surface area contributed by atoms with Gasteiger partial charge in [0.05, 0.1) is 17.7 Å². The maximum Gasteiger partial charge on any atom is 0.241 e. The van der Waals surface area contributed by atoms with Crippen LogP contribution in [0.1, 0.15) is 18.1 Å². The fourth-order valence-corrected chi connectivity index (χ4v) is 3.32. The molecule has 0 unspecified atom stereocenters. The molecule has 0 spiro atoms. The van der Waals surface area contributed by atoms with Crippen LogP contribution in [0.3, 0.4) is 0 Å². The molecule has 0 aliphatic carbocycles. The molecule has 5 nitrogen and oxygen atoms in total. The molecule has 3 rings (SSSR count). The zero-order valence-electron chi connectivity index (χ0n) is 15.4. The number of nitrogens with zero attached hydrogens (tertiary/aromatic N) is 3. The Morgan fingerprint density at radius 3 is 2.33 bits per heavy atom. The van der Waals surface area contributed by atoms with Crippen molar-refractivity contribution in [2.24, 2.45) is 0 Å². The van der Waals surface area contributed by atoms with Crippen LogP contribution in [0.25, 0.3) is 0 Å². The standard InChI is InChI=1S/C21H23ClN4O/c1-16(21(27)24-20-8-6-19(22)7-9-20)26-12-10-25(11-13-26)15-18-4-2-17(14-23)3-5-18/h2-9,16H,10-13,15H2,1H3,(H,24,27)/t16-/m1/s1. The van der Waals surface area contributed by atoms with Crippen molar-refractivity contribution in [1.82, 2.24) is 9.80 Å². The fourth-order valence-electron chi connectivity index (χ4n) is 3.20. The number of halogens is 1. The summed E-state index contributed by atoms with van der Waals surface area (Å²) in [7, 11) is 0. The quantitative estimate of drug-likeness (QED) is 0.861. The van der Waals surface area contributed by atoms with E-state index in [1.54, 1.807) is 12.1 Å². The maximum absolute atomic E-state index is 12.5. The van der Waals surface area contributed by atoms with Crippen LogP contribution in [0.15, 0.2) is 48.5 Å². The molecule has 1 aliphatic rings. The molecule has 1 fully saturated rings. The molecule has 0 radical (unpaired) electrons. The Morgan fingerprint density at radius 2 is 1.74 bits per heavy atom. The van der Waals surface area contributed by atoms with E-state index in [9.17, 15) is 4.79 Å². The van der Waals surface area contributed by atoms with Crippen LogP contribution in [0, 0.1) is 11.3 Å². The summed E-state index contributed by atoms with van der Waals surface area (Å²) in [5.74, 6) is -0.00198. The topological polar surface area (TPSA) is 59.4 Å². The van der Waals surface area contributed by atoms with Crippen molar-refractivity contribution < 1.29 is 4.79 Å². The van der Waals surface area contributed by atoms with Crippen LogP contribution < -0.4 is 5.32 Å². The SMILES string of the molecule is C[C@H](C(=O)Nc1ccc(Cl)cc1)N1CCN(Cc2ccc(C#N)cc2)CC1. The Kier molecular flexibility index (Phi) is 6.46. The summed E-state index contributed by atoms with van der Waals surface area (Å²) in [6, 6.07) is 16.8. The molecule has 2 aromatic carbocycles. The summed E-state index contributed by atoms with van der Waals surface area (Å²) >= 11 is 5.88. The van der Waals surface area contributed by atoms with E-state index in [0.717, 1.165) is 38.4 Å². The lowest BCUT2D eigenvalue weighted by Crippen LogP contribution is -2.52. The third kappa shape index (κ3) is 5.30. The van der Waals surface area contributed by atoms with Gasteiger partial charge in [0.25, 0.3) is 0 Å². The third-order valence-electron chi connectivity index (χ3n) is 4.94. The number of piperazine rings is 1. The van der Waals surface area contributed by atoms with E-state index in [0.29, 0.717) is 10.6 Å². The lowest BCUT2D eigenvalue weighted by Gasteiger charge is -2.37. The minimum atomic E-state index is -0.183. The Bertz CT molecular complexity index is 806. The Hall–Kier alpha value is -2.39. The van der Waals surface area contributed by atoms with E-state index < -0.39 is 0 Å². The van der Waals surface area contributed by atoms with Crippen LogP contribution in [0.5, 0.6) is 0 Å². The van der Waals surface area contributed by atoms with Crippen molar-refractivity contribution >= 4 is 23.2 Å². The summed E-state index contributed by atoms with van der Waals surface area (Å²) in [5, 5.41) is 12.5. The highest BCUT2D eigenvalue weighted by molar-refractivity contribution is 6.30. The molecular formula is C21H23ClN4O. The zero-order chi connectivity index (χ0) is 19.2. The molecule has 1 N–H and O–H groups in total. The highest BCUT2D eigenvalue weighted by atomic mass is 35.5. The number of hydrogen-bond acceptors (Lipinski definition) is 4. The van der Waals surface area contributed by atoms with Crippen LogP contribution >= 0.6 is 11.6 Å². The number of anilines is 1. The second kappa shape index (κ2) is 9.01. The first-order valence-corrected chi connectivity index (χ1v) is 9.45. The first-order valence-electron chi connectivity index (χ1n) is 9.07. The Balaban J connectivity index is 1.48. The second-order valence-electron chi connectivity index (χ2n) is 6.79. The number of hydrogen-bond donors (Lipinski definition) is 1. The molecule has 2 aromatic rings. The monoisotopic (exact) mass is 382 g/mol. The number of nitrogens with one attached hydrogen (secondary N) is 1. The number of carbonyl (C=O) groups excluding carboxylic acids is 1. The van der Waals surface area contributed by atoms with Gasteiger partial charge in [0.15, 0.2) is 0 Å². The van der Waals surface area contributed by atoms with Crippen molar-refractivity contribution in [3.05, 3.63) is 64.7 Å². The van der Waals surface area contributed by atoms with E-state index in [4.69, 9.17) is 16.9 Å². The summed E-state index contributed by atoms with van der Waals surface area (Å²) in [5.41, 5.74) is 2.65. The smallest absolute Gasteiger partial charge is 0.241 e. The van der Waals surface area contributed by atoms with Gasteiger partial charge in [0.1, 0.15) is 0 Å². The molecule has 1 saturated heterocycles. The number of benzene rings is 2. The van der Waals surface area contributed by atoms with Gasteiger partial charge in [0.2, 0.25) is 5.91 Å². The van der Waals surface area contributed by atoms with Gasteiger partial charge in [-0.25, -0.2) is 0 Å². The number of rotatable bonds is 5. The average molecular weight is 383 g/mol. The molecule has 0 aromatic heterocycles. The highest BCUT2D eigenvalue weighted by Gasteiger charge is 2.25. The van der Waals surface area contributed by atoms with Crippen LogP contribution in [0.2, 0.25) is 5.02 Å². The van der Waals surface area contributed by atoms with Crippen LogP contribution in [-0.4, -0.2) is 47.9 Å². The Morgan fingerprint density at radius 1 is 1.11 bits per heavy atom. The summed E-state index contributed by atoms with van der Waals surface area (Å²) in [4.78, 5) is 17.1. The van der Waals surface area contributed by atoms with Crippen molar-refractivity contribution in [2.45, 2.75) is 19.5 Å². The first-order chi connectivity index (χ1) is 13.0. The van der Waals surface area contributed by atoms with Gasteiger partial charge in [-0.1, -0.05) is 23.7 Å². The normalized spacial score (nSPS) is 16.5. The minimum absolute atomic E-state index is 0.00198. The van der Waals surface area contributed by atoms with Crippen molar-refractivity contribution in [1.29, 1.82) is 5.26 Å².